The van der Waals surface area contributed by atoms with Crippen LogP contribution >= 0.6 is 0 Å². The predicted octanol–water partition coefficient (Wildman–Crippen LogP) is 2.52. The van der Waals surface area contributed by atoms with Crippen molar-refractivity contribution in [2.75, 3.05) is 13.2 Å². The summed E-state index contributed by atoms with van der Waals surface area (Å²) < 4.78 is 5.63. The molecule has 4 aliphatic carbocycles. The highest BCUT2D eigenvalue weighted by atomic mass is 16.5. The average molecular weight is 358 g/mol. The van der Waals surface area contributed by atoms with Crippen molar-refractivity contribution in [2.45, 2.75) is 38.5 Å². The first kappa shape index (κ1) is 17.3. The zero-order valence-electron chi connectivity index (χ0n) is 14.9. The van der Waals surface area contributed by atoms with E-state index in [0.717, 1.165) is 37.0 Å². The molecule has 2 amide bonds. The van der Waals surface area contributed by atoms with Gasteiger partial charge in [0, 0.05) is 11.0 Å². The molecule has 6 nitrogen and oxygen atoms in total. The Hall–Kier alpha value is -2.08. The summed E-state index contributed by atoms with van der Waals surface area (Å²) in [5, 5.41) is 11.7. The predicted molar refractivity (Wildman–Crippen MR) is 94.8 cm³/mol. The van der Waals surface area contributed by atoms with Gasteiger partial charge in [0.05, 0.1) is 6.54 Å². The molecule has 0 saturated heterocycles. The van der Waals surface area contributed by atoms with Crippen LogP contribution < -0.4 is 15.5 Å². The molecule has 3 N–H and O–H groups in total. The van der Waals surface area contributed by atoms with Gasteiger partial charge in [-0.3, -0.25) is 14.8 Å². The minimum Gasteiger partial charge on any atom is -0.492 e. The number of carbonyl (C=O) groups is 2. The third kappa shape index (κ3) is 3.30. The summed E-state index contributed by atoms with van der Waals surface area (Å²) in [6, 6.07) is 6.50. The van der Waals surface area contributed by atoms with Crippen LogP contribution in [-0.4, -0.2) is 30.2 Å². The van der Waals surface area contributed by atoms with Crippen LogP contribution in [0, 0.1) is 23.2 Å². The number of rotatable bonds is 6. The number of hydrogen-bond donors (Lipinski definition) is 3. The van der Waals surface area contributed by atoms with Crippen LogP contribution in [0.5, 0.6) is 5.75 Å². The molecule has 6 heteroatoms. The molecule has 5 rings (SSSR count). The molecule has 0 heterocycles. The van der Waals surface area contributed by atoms with E-state index in [0.29, 0.717) is 24.5 Å². The van der Waals surface area contributed by atoms with Crippen LogP contribution in [0.25, 0.3) is 0 Å². The van der Waals surface area contributed by atoms with Gasteiger partial charge >= 0.3 is 0 Å². The third-order valence-electron chi connectivity index (χ3n) is 6.39. The Morgan fingerprint density at radius 2 is 1.62 bits per heavy atom. The Bertz CT molecular complexity index is 650. The van der Waals surface area contributed by atoms with Crippen LogP contribution in [-0.2, 0) is 4.79 Å². The van der Waals surface area contributed by atoms with Gasteiger partial charge in [0.1, 0.15) is 12.4 Å². The van der Waals surface area contributed by atoms with E-state index in [2.05, 4.69) is 5.32 Å². The maximum absolute atomic E-state index is 12.8. The molecule has 4 saturated carbocycles. The Balaban J connectivity index is 1.25. The molecule has 0 unspecified atom stereocenters. The molecular weight excluding hydrogens is 332 g/mol. The molecule has 4 fully saturated rings. The zero-order valence-corrected chi connectivity index (χ0v) is 14.9. The van der Waals surface area contributed by atoms with Crippen molar-refractivity contribution >= 4 is 11.8 Å². The summed E-state index contributed by atoms with van der Waals surface area (Å²) in [6.45, 7) is 0.878. The van der Waals surface area contributed by atoms with E-state index in [9.17, 15) is 9.59 Å². The smallest absolute Gasteiger partial charge is 0.274 e. The van der Waals surface area contributed by atoms with Crippen LogP contribution in [0.15, 0.2) is 24.3 Å². The minimum atomic E-state index is -0.556. The Labute approximate surface area is 153 Å². The Morgan fingerprint density at radius 1 is 1.04 bits per heavy atom. The fourth-order valence-corrected chi connectivity index (χ4v) is 5.68. The summed E-state index contributed by atoms with van der Waals surface area (Å²) in [5.74, 6) is 2.58. The standard InChI is InChI=1S/C20H26N2O4/c23-18(22-25)16-1-3-17(4-2-16)26-6-5-21-19(24)20-10-13-7-14(11-20)9-15(8-13)12-20/h1-4,13-15,25H,5-12H2,(H,21,24)(H,22,23). The molecule has 0 radical (unpaired) electrons. The Kier molecular flexibility index (Phi) is 4.61. The van der Waals surface area contributed by atoms with Crippen LogP contribution in [0.2, 0.25) is 0 Å². The van der Waals surface area contributed by atoms with E-state index in [-0.39, 0.29) is 11.3 Å². The van der Waals surface area contributed by atoms with Gasteiger partial charge in [-0.05, 0) is 80.5 Å². The topological polar surface area (TPSA) is 87.7 Å². The second-order valence-electron chi connectivity index (χ2n) is 8.27. The van der Waals surface area contributed by atoms with Crippen molar-refractivity contribution in [3.05, 3.63) is 29.8 Å². The minimum absolute atomic E-state index is 0.117. The highest BCUT2D eigenvalue weighted by Gasteiger charge is 2.54. The number of carbonyl (C=O) groups excluding carboxylic acids is 2. The third-order valence-corrected chi connectivity index (χ3v) is 6.39. The van der Waals surface area contributed by atoms with Crippen LogP contribution in [0.3, 0.4) is 0 Å². The maximum atomic E-state index is 12.8. The molecule has 4 bridgehead atoms. The molecule has 0 atom stereocenters. The van der Waals surface area contributed by atoms with Gasteiger partial charge in [-0.15, -0.1) is 0 Å². The monoisotopic (exact) mass is 358 g/mol. The van der Waals surface area contributed by atoms with E-state index in [4.69, 9.17) is 9.94 Å². The summed E-state index contributed by atoms with van der Waals surface area (Å²) in [5.41, 5.74) is 1.83. The van der Waals surface area contributed by atoms with Crippen LogP contribution in [0.4, 0.5) is 0 Å². The molecule has 1 aromatic rings. The maximum Gasteiger partial charge on any atom is 0.274 e. The molecular formula is C20H26N2O4. The number of nitrogens with one attached hydrogen (secondary N) is 2. The molecule has 26 heavy (non-hydrogen) atoms. The fraction of sp³-hybridized carbons (Fsp3) is 0.600. The van der Waals surface area contributed by atoms with E-state index in [1.165, 1.54) is 19.3 Å². The first-order chi connectivity index (χ1) is 12.6. The summed E-state index contributed by atoms with van der Waals surface area (Å²) >= 11 is 0. The summed E-state index contributed by atoms with van der Waals surface area (Å²) in [7, 11) is 0. The number of hydrogen-bond acceptors (Lipinski definition) is 4. The van der Waals surface area contributed by atoms with E-state index in [1.807, 2.05) is 0 Å². The quantitative estimate of drug-likeness (QED) is 0.414. The van der Waals surface area contributed by atoms with Crippen molar-refractivity contribution in [3.8, 4) is 5.75 Å². The number of hydroxylamine groups is 1. The largest absolute Gasteiger partial charge is 0.492 e. The lowest BCUT2D eigenvalue weighted by atomic mass is 9.49. The second-order valence-corrected chi connectivity index (χ2v) is 8.27. The van der Waals surface area contributed by atoms with Gasteiger partial charge in [-0.2, -0.15) is 0 Å². The van der Waals surface area contributed by atoms with Crippen molar-refractivity contribution in [1.82, 2.24) is 10.8 Å². The second kappa shape index (κ2) is 6.91. The lowest BCUT2D eigenvalue weighted by molar-refractivity contribution is -0.146. The van der Waals surface area contributed by atoms with Crippen molar-refractivity contribution < 1.29 is 19.5 Å². The highest BCUT2D eigenvalue weighted by molar-refractivity contribution is 5.93. The Morgan fingerprint density at radius 3 is 2.15 bits per heavy atom. The normalized spacial score (nSPS) is 31.5. The number of ether oxygens (including phenoxy) is 1. The molecule has 0 spiro atoms. The zero-order chi connectivity index (χ0) is 18.1. The van der Waals surface area contributed by atoms with E-state index >= 15 is 0 Å². The number of benzene rings is 1. The summed E-state index contributed by atoms with van der Waals surface area (Å²) in [6.07, 6.45) is 7.21. The SMILES string of the molecule is O=C(NO)c1ccc(OCCNC(=O)C23CC4CC(CC(C4)C2)C3)cc1. The molecule has 1 aromatic carbocycles. The van der Waals surface area contributed by atoms with Crippen molar-refractivity contribution in [3.63, 3.8) is 0 Å². The van der Waals surface area contributed by atoms with E-state index < -0.39 is 5.91 Å². The molecule has 140 valence electrons. The number of amides is 2. The first-order valence-electron chi connectivity index (χ1n) is 9.53. The molecule has 0 aromatic heterocycles. The fourth-order valence-electron chi connectivity index (χ4n) is 5.68. The molecule has 4 aliphatic rings. The van der Waals surface area contributed by atoms with Gasteiger partial charge in [-0.25, -0.2) is 5.48 Å². The van der Waals surface area contributed by atoms with Gasteiger partial charge in [-0.1, -0.05) is 0 Å². The van der Waals surface area contributed by atoms with E-state index in [1.54, 1.807) is 29.7 Å². The van der Waals surface area contributed by atoms with Gasteiger partial charge in [0.25, 0.3) is 5.91 Å². The van der Waals surface area contributed by atoms with Gasteiger partial charge < -0.3 is 10.1 Å². The average Bonchev–Trinajstić information content (AvgIpc) is 2.64. The highest BCUT2D eigenvalue weighted by Crippen LogP contribution is 2.60. The van der Waals surface area contributed by atoms with Crippen molar-refractivity contribution in [2.24, 2.45) is 23.2 Å². The van der Waals surface area contributed by atoms with Crippen LogP contribution in [0.1, 0.15) is 48.9 Å². The lowest BCUT2D eigenvalue weighted by Crippen LogP contribution is -2.54. The lowest BCUT2D eigenvalue weighted by Gasteiger charge is -2.55. The first-order valence-corrected chi connectivity index (χ1v) is 9.53. The van der Waals surface area contributed by atoms with Gasteiger partial charge in [0.2, 0.25) is 5.91 Å². The van der Waals surface area contributed by atoms with Crippen molar-refractivity contribution in [1.29, 1.82) is 0 Å². The van der Waals surface area contributed by atoms with Gasteiger partial charge in [0.15, 0.2) is 0 Å². The molecule has 0 aliphatic heterocycles. The summed E-state index contributed by atoms with van der Waals surface area (Å²) in [4.78, 5) is 24.1.